The molecule has 2 atom stereocenters. The number of carbonyl (C=O) groups excluding carboxylic acids is 2. The van der Waals surface area contributed by atoms with Crippen LogP contribution in [0, 0.1) is 5.92 Å². The van der Waals surface area contributed by atoms with Crippen LogP contribution in [0.25, 0.3) is 0 Å². The van der Waals surface area contributed by atoms with Crippen LogP contribution in [0.5, 0.6) is 0 Å². The molecule has 2 rings (SSSR count). The summed E-state index contributed by atoms with van der Waals surface area (Å²) in [5.41, 5.74) is 8.00. The van der Waals surface area contributed by atoms with E-state index in [1.54, 1.807) is 0 Å². The van der Waals surface area contributed by atoms with Crippen LogP contribution in [0.4, 0.5) is 0 Å². The fourth-order valence-electron chi connectivity index (χ4n) is 2.57. The number of amides is 2. The molecule has 23 heavy (non-hydrogen) atoms. The van der Waals surface area contributed by atoms with E-state index in [2.05, 4.69) is 10.6 Å². The van der Waals surface area contributed by atoms with Gasteiger partial charge in [-0.2, -0.15) is 0 Å². The lowest BCUT2D eigenvalue weighted by molar-refractivity contribution is -0.127. The molecule has 2 amide bonds. The summed E-state index contributed by atoms with van der Waals surface area (Å²) in [4.78, 5) is 23.7. The van der Waals surface area contributed by atoms with Crippen molar-refractivity contribution < 1.29 is 9.59 Å². The van der Waals surface area contributed by atoms with E-state index in [1.165, 1.54) is 5.56 Å². The van der Waals surface area contributed by atoms with Crippen LogP contribution in [0.3, 0.4) is 0 Å². The Labute approximate surface area is 147 Å². The third kappa shape index (κ3) is 5.09. The number of hydrogen-bond donors (Lipinski definition) is 3. The van der Waals surface area contributed by atoms with Crippen LogP contribution < -0.4 is 16.4 Å². The van der Waals surface area contributed by atoms with Crippen molar-refractivity contribution in [1.29, 1.82) is 0 Å². The van der Waals surface area contributed by atoms with Crippen molar-refractivity contribution in [2.24, 2.45) is 11.7 Å². The first-order valence-electron chi connectivity index (χ1n) is 7.49. The van der Waals surface area contributed by atoms with Crippen LogP contribution in [-0.4, -0.2) is 24.4 Å². The van der Waals surface area contributed by atoms with E-state index in [4.69, 9.17) is 17.3 Å². The van der Waals surface area contributed by atoms with Gasteiger partial charge in [0.2, 0.25) is 11.8 Å². The molecule has 5 nitrogen and oxygen atoms in total. The number of fused-ring (bicyclic) bond motifs is 1. The molecule has 128 valence electrons. The Balaban J connectivity index is 0.00000264. The van der Waals surface area contributed by atoms with Crippen LogP contribution in [0.2, 0.25) is 5.02 Å². The molecule has 0 saturated heterocycles. The average molecular weight is 360 g/mol. The molecule has 7 heteroatoms. The predicted octanol–water partition coefficient (Wildman–Crippen LogP) is 1.96. The molecule has 1 aromatic rings. The summed E-state index contributed by atoms with van der Waals surface area (Å²) in [5.74, 6) is -0.477. The first-order valence-corrected chi connectivity index (χ1v) is 7.87. The van der Waals surface area contributed by atoms with Crippen molar-refractivity contribution in [3.8, 4) is 0 Å². The normalized spacial score (nSPS) is 17.2. The number of benzene rings is 1. The molecule has 0 fully saturated rings. The Kier molecular flexibility index (Phi) is 7.32. The van der Waals surface area contributed by atoms with Gasteiger partial charge in [0.1, 0.15) is 0 Å². The second-order valence-electron chi connectivity index (χ2n) is 5.99. The van der Waals surface area contributed by atoms with Crippen molar-refractivity contribution in [1.82, 2.24) is 10.6 Å². The molecule has 1 aromatic carbocycles. The van der Waals surface area contributed by atoms with E-state index >= 15 is 0 Å². The number of halogens is 2. The number of nitrogens with two attached hydrogens (primary N) is 1. The van der Waals surface area contributed by atoms with Gasteiger partial charge in [0.05, 0.1) is 18.6 Å². The van der Waals surface area contributed by atoms with Gasteiger partial charge in [0, 0.05) is 5.02 Å². The molecular formula is C16H23Cl2N3O2. The lowest BCUT2D eigenvalue weighted by Gasteiger charge is -2.17. The summed E-state index contributed by atoms with van der Waals surface area (Å²) in [6, 6.07) is 5.10. The minimum Gasteiger partial charge on any atom is -0.348 e. The molecule has 0 radical (unpaired) electrons. The standard InChI is InChI=1S/C16H22ClN3O2.ClH/c1-9(2)15(18)16(22)19-8-14(21)20-13-6-3-10-7-11(17)4-5-12(10)13;/h4-5,7,9,13,15H,3,6,8,18H2,1-2H3,(H,19,22)(H,20,21);1H/t13?,15-;/m0./s1. The van der Waals surface area contributed by atoms with Crippen LogP contribution in [0.1, 0.15) is 37.4 Å². The summed E-state index contributed by atoms with van der Waals surface area (Å²) in [6.07, 6.45) is 1.74. The van der Waals surface area contributed by atoms with Crippen LogP contribution in [0.15, 0.2) is 18.2 Å². The van der Waals surface area contributed by atoms with Gasteiger partial charge in [-0.3, -0.25) is 9.59 Å². The van der Waals surface area contributed by atoms with Crippen molar-refractivity contribution in [3.05, 3.63) is 34.3 Å². The number of aryl methyl sites for hydroxylation is 1. The van der Waals surface area contributed by atoms with Gasteiger partial charge >= 0.3 is 0 Å². The highest BCUT2D eigenvalue weighted by atomic mass is 35.5. The molecule has 1 aliphatic rings. The maximum Gasteiger partial charge on any atom is 0.239 e. The fourth-order valence-corrected chi connectivity index (χ4v) is 2.76. The topological polar surface area (TPSA) is 84.2 Å². The molecule has 1 aliphatic carbocycles. The van der Waals surface area contributed by atoms with Crippen molar-refractivity contribution in [2.45, 2.75) is 38.8 Å². The van der Waals surface area contributed by atoms with Crippen molar-refractivity contribution >= 4 is 35.8 Å². The molecule has 1 unspecified atom stereocenters. The Bertz CT molecular complexity index is 578. The largest absolute Gasteiger partial charge is 0.348 e. The van der Waals surface area contributed by atoms with Crippen molar-refractivity contribution in [3.63, 3.8) is 0 Å². The van der Waals surface area contributed by atoms with E-state index in [9.17, 15) is 9.59 Å². The van der Waals surface area contributed by atoms with E-state index in [0.29, 0.717) is 5.02 Å². The first-order chi connectivity index (χ1) is 10.4. The second-order valence-corrected chi connectivity index (χ2v) is 6.43. The Morgan fingerprint density at radius 2 is 2.09 bits per heavy atom. The van der Waals surface area contributed by atoms with Gasteiger partial charge in [-0.05, 0) is 42.0 Å². The second kappa shape index (κ2) is 8.52. The minimum absolute atomic E-state index is 0. The summed E-state index contributed by atoms with van der Waals surface area (Å²) < 4.78 is 0. The number of nitrogens with one attached hydrogen (secondary N) is 2. The monoisotopic (exact) mass is 359 g/mol. The van der Waals surface area contributed by atoms with E-state index in [0.717, 1.165) is 18.4 Å². The van der Waals surface area contributed by atoms with Gasteiger partial charge in [-0.1, -0.05) is 31.5 Å². The van der Waals surface area contributed by atoms with Gasteiger partial charge in [-0.25, -0.2) is 0 Å². The maximum absolute atomic E-state index is 12.0. The average Bonchev–Trinajstić information content (AvgIpc) is 2.85. The predicted molar refractivity (Wildman–Crippen MR) is 93.7 cm³/mol. The maximum atomic E-state index is 12.0. The molecule has 0 spiro atoms. The summed E-state index contributed by atoms with van der Waals surface area (Å²) in [5, 5.41) is 6.22. The lowest BCUT2D eigenvalue weighted by atomic mass is 10.1. The Morgan fingerprint density at radius 1 is 1.39 bits per heavy atom. The molecular weight excluding hydrogens is 337 g/mol. The van der Waals surface area contributed by atoms with Gasteiger partial charge in [0.15, 0.2) is 0 Å². The summed E-state index contributed by atoms with van der Waals surface area (Å²) in [7, 11) is 0. The zero-order valence-electron chi connectivity index (χ0n) is 13.3. The molecule has 0 aliphatic heterocycles. The van der Waals surface area contributed by atoms with E-state index < -0.39 is 6.04 Å². The first kappa shape index (κ1) is 19.7. The zero-order chi connectivity index (χ0) is 16.3. The summed E-state index contributed by atoms with van der Waals surface area (Å²) >= 11 is 5.97. The molecule has 0 heterocycles. The molecule has 4 N–H and O–H groups in total. The number of rotatable bonds is 5. The van der Waals surface area contributed by atoms with E-state index in [-0.39, 0.29) is 42.7 Å². The van der Waals surface area contributed by atoms with Crippen LogP contribution in [-0.2, 0) is 16.0 Å². The smallest absolute Gasteiger partial charge is 0.239 e. The van der Waals surface area contributed by atoms with Crippen LogP contribution >= 0.6 is 24.0 Å². The quantitative estimate of drug-likeness (QED) is 0.751. The van der Waals surface area contributed by atoms with Gasteiger partial charge in [-0.15, -0.1) is 12.4 Å². The molecule has 0 saturated carbocycles. The SMILES string of the molecule is CC(C)[C@H](N)C(=O)NCC(=O)NC1CCc2cc(Cl)ccc21.Cl. The Hall–Kier alpha value is -1.30. The highest BCUT2D eigenvalue weighted by molar-refractivity contribution is 6.30. The Morgan fingerprint density at radius 3 is 2.74 bits per heavy atom. The summed E-state index contributed by atoms with van der Waals surface area (Å²) in [6.45, 7) is 3.68. The minimum atomic E-state index is -0.595. The highest BCUT2D eigenvalue weighted by Crippen LogP contribution is 2.32. The van der Waals surface area contributed by atoms with Gasteiger partial charge in [0.25, 0.3) is 0 Å². The lowest BCUT2D eigenvalue weighted by Crippen LogP contribution is -2.47. The third-order valence-electron chi connectivity index (χ3n) is 3.96. The number of carbonyl (C=O) groups is 2. The molecule has 0 bridgehead atoms. The van der Waals surface area contributed by atoms with E-state index in [1.807, 2.05) is 32.0 Å². The molecule has 0 aromatic heterocycles. The zero-order valence-corrected chi connectivity index (χ0v) is 14.8. The highest BCUT2D eigenvalue weighted by Gasteiger charge is 2.24. The third-order valence-corrected chi connectivity index (χ3v) is 4.20. The fraction of sp³-hybridized carbons (Fsp3) is 0.500. The number of hydrogen-bond acceptors (Lipinski definition) is 3. The van der Waals surface area contributed by atoms with Crippen molar-refractivity contribution in [2.75, 3.05) is 6.54 Å². The van der Waals surface area contributed by atoms with Gasteiger partial charge < -0.3 is 16.4 Å².